The summed E-state index contributed by atoms with van der Waals surface area (Å²) in [5.74, 6) is 1.95. The molecule has 2 aromatic carbocycles. The number of ether oxygens (including phenoxy) is 3. The molecule has 3 rings (SSSR count). The molecule has 2 aromatic rings. The van der Waals surface area contributed by atoms with Gasteiger partial charge in [-0.15, -0.1) is 6.58 Å². The van der Waals surface area contributed by atoms with Crippen molar-refractivity contribution in [1.29, 1.82) is 0 Å². The van der Waals surface area contributed by atoms with Crippen LogP contribution in [0, 0.1) is 6.92 Å². The smallest absolute Gasteiger partial charge is 0.266 e. The Balaban J connectivity index is 1.65. The number of rotatable bonds is 10. The number of aryl methyl sites for hydroxylation is 1. The van der Waals surface area contributed by atoms with Gasteiger partial charge in [-0.3, -0.25) is 9.69 Å². The van der Waals surface area contributed by atoms with Crippen LogP contribution in [0.15, 0.2) is 60.0 Å². The molecule has 0 bridgehead atoms. The summed E-state index contributed by atoms with van der Waals surface area (Å²) in [6, 6.07) is 13.5. The molecule has 0 radical (unpaired) electrons. The molecule has 1 aliphatic heterocycles. The first-order valence-corrected chi connectivity index (χ1v) is 11.2. The van der Waals surface area contributed by atoms with Crippen LogP contribution >= 0.6 is 24.0 Å². The van der Waals surface area contributed by atoms with E-state index in [0.29, 0.717) is 47.1 Å². The predicted octanol–water partition coefficient (Wildman–Crippen LogP) is 5.24. The summed E-state index contributed by atoms with van der Waals surface area (Å²) >= 11 is 6.58. The Morgan fingerprint density at radius 1 is 1.06 bits per heavy atom. The molecule has 1 saturated heterocycles. The summed E-state index contributed by atoms with van der Waals surface area (Å²) in [6.07, 6.45) is 3.48. The number of nitrogens with zero attached hydrogens (tertiary/aromatic N) is 1. The Morgan fingerprint density at radius 3 is 2.52 bits per heavy atom. The largest absolute Gasteiger partial charge is 0.490 e. The van der Waals surface area contributed by atoms with Gasteiger partial charge in [-0.05, 0) is 49.8 Å². The lowest BCUT2D eigenvalue weighted by Crippen LogP contribution is -2.27. The van der Waals surface area contributed by atoms with Gasteiger partial charge in [0, 0.05) is 6.54 Å². The normalized spacial score (nSPS) is 14.8. The molecule has 162 valence electrons. The zero-order valence-corrected chi connectivity index (χ0v) is 19.3. The lowest BCUT2D eigenvalue weighted by molar-refractivity contribution is -0.121. The molecule has 31 heavy (non-hydrogen) atoms. The fourth-order valence-electron chi connectivity index (χ4n) is 2.89. The first-order chi connectivity index (χ1) is 15.0. The fraction of sp³-hybridized carbons (Fsp3) is 0.250. The molecule has 1 fully saturated rings. The third kappa shape index (κ3) is 6.12. The van der Waals surface area contributed by atoms with Crippen molar-refractivity contribution in [3.05, 3.63) is 71.2 Å². The molecular formula is C24H25NO4S2. The first kappa shape index (κ1) is 22.9. The second-order valence-electron chi connectivity index (χ2n) is 6.73. The average molecular weight is 456 g/mol. The SMILES string of the molecule is C=CCN1C(=O)C(=Cc2ccc(OCCOc3ccc(C)cc3)c(OCC)c2)SC1=S. The van der Waals surface area contributed by atoms with Crippen molar-refractivity contribution in [2.24, 2.45) is 0 Å². The molecule has 0 unspecified atom stereocenters. The van der Waals surface area contributed by atoms with Gasteiger partial charge in [-0.25, -0.2) is 0 Å². The molecule has 0 aliphatic carbocycles. The molecule has 0 aromatic heterocycles. The van der Waals surface area contributed by atoms with Gasteiger partial charge in [0.1, 0.15) is 23.3 Å². The van der Waals surface area contributed by atoms with Crippen molar-refractivity contribution < 1.29 is 19.0 Å². The average Bonchev–Trinajstić information content (AvgIpc) is 3.01. The maximum atomic E-state index is 12.5. The second-order valence-corrected chi connectivity index (χ2v) is 8.41. The van der Waals surface area contributed by atoms with Crippen LogP contribution in [-0.2, 0) is 4.79 Å². The molecule has 1 heterocycles. The summed E-state index contributed by atoms with van der Waals surface area (Å²) in [6.45, 7) is 9.33. The number of hydrogen-bond acceptors (Lipinski definition) is 6. The van der Waals surface area contributed by atoms with E-state index in [1.807, 2.05) is 62.4 Å². The maximum absolute atomic E-state index is 12.5. The minimum Gasteiger partial charge on any atom is -0.490 e. The standard InChI is InChI=1S/C24H25NO4S2/c1-4-12-25-23(26)22(31-24(25)30)16-18-8-11-20(21(15-18)27-5-2)29-14-13-28-19-9-6-17(3)7-10-19/h4,6-11,15-16H,1,5,12-14H2,2-3H3. The van der Waals surface area contributed by atoms with Crippen LogP contribution in [-0.4, -0.2) is 41.5 Å². The minimum atomic E-state index is -0.110. The summed E-state index contributed by atoms with van der Waals surface area (Å²) in [4.78, 5) is 14.6. The molecule has 1 amide bonds. The van der Waals surface area contributed by atoms with Crippen LogP contribution in [0.4, 0.5) is 0 Å². The number of amides is 1. The first-order valence-electron chi connectivity index (χ1n) is 9.97. The van der Waals surface area contributed by atoms with E-state index < -0.39 is 0 Å². The molecule has 1 aliphatic rings. The van der Waals surface area contributed by atoms with E-state index in [0.717, 1.165) is 11.3 Å². The van der Waals surface area contributed by atoms with Crippen LogP contribution in [0.25, 0.3) is 6.08 Å². The number of carbonyl (C=O) groups excluding carboxylic acids is 1. The Hall–Kier alpha value is -2.77. The quantitative estimate of drug-likeness (QED) is 0.211. The van der Waals surface area contributed by atoms with E-state index >= 15 is 0 Å². The minimum absolute atomic E-state index is 0.110. The van der Waals surface area contributed by atoms with Gasteiger partial charge in [-0.1, -0.05) is 53.8 Å². The highest BCUT2D eigenvalue weighted by atomic mass is 32.2. The topological polar surface area (TPSA) is 48.0 Å². The fourth-order valence-corrected chi connectivity index (χ4v) is 4.16. The highest BCUT2D eigenvalue weighted by Gasteiger charge is 2.31. The van der Waals surface area contributed by atoms with E-state index in [-0.39, 0.29) is 5.91 Å². The zero-order valence-electron chi connectivity index (χ0n) is 17.6. The number of benzene rings is 2. The summed E-state index contributed by atoms with van der Waals surface area (Å²) in [5.41, 5.74) is 2.03. The number of hydrogen-bond donors (Lipinski definition) is 0. The van der Waals surface area contributed by atoms with Gasteiger partial charge in [0.25, 0.3) is 5.91 Å². The molecule has 5 nitrogen and oxygen atoms in total. The van der Waals surface area contributed by atoms with Crippen molar-refractivity contribution in [2.75, 3.05) is 26.4 Å². The van der Waals surface area contributed by atoms with E-state index in [4.69, 9.17) is 26.4 Å². The third-order valence-corrected chi connectivity index (χ3v) is 5.76. The summed E-state index contributed by atoms with van der Waals surface area (Å²) in [5, 5.41) is 0. The Kier molecular flexibility index (Phi) is 8.14. The number of thiocarbonyl (C=S) groups is 1. The van der Waals surface area contributed by atoms with Crippen molar-refractivity contribution in [3.63, 3.8) is 0 Å². The van der Waals surface area contributed by atoms with Crippen LogP contribution in [0.5, 0.6) is 17.2 Å². The molecular weight excluding hydrogens is 430 g/mol. The zero-order chi connectivity index (χ0) is 22.2. The second kappa shape index (κ2) is 11.0. The monoisotopic (exact) mass is 455 g/mol. The Morgan fingerprint density at radius 2 is 1.81 bits per heavy atom. The van der Waals surface area contributed by atoms with Gasteiger partial charge in [-0.2, -0.15) is 0 Å². The highest BCUT2D eigenvalue weighted by Crippen LogP contribution is 2.34. The highest BCUT2D eigenvalue weighted by molar-refractivity contribution is 8.26. The van der Waals surface area contributed by atoms with Crippen LogP contribution in [0.1, 0.15) is 18.1 Å². The summed E-state index contributed by atoms with van der Waals surface area (Å²) < 4.78 is 17.9. The van der Waals surface area contributed by atoms with E-state index in [9.17, 15) is 4.79 Å². The lowest BCUT2D eigenvalue weighted by Gasteiger charge is -2.13. The van der Waals surface area contributed by atoms with Crippen LogP contribution in [0.3, 0.4) is 0 Å². The van der Waals surface area contributed by atoms with E-state index in [1.165, 1.54) is 22.2 Å². The summed E-state index contributed by atoms with van der Waals surface area (Å²) in [7, 11) is 0. The van der Waals surface area contributed by atoms with E-state index in [1.54, 1.807) is 6.08 Å². The number of carbonyl (C=O) groups is 1. The molecule has 7 heteroatoms. The Labute approximate surface area is 192 Å². The van der Waals surface area contributed by atoms with Gasteiger partial charge >= 0.3 is 0 Å². The van der Waals surface area contributed by atoms with Crippen molar-refractivity contribution in [3.8, 4) is 17.2 Å². The Bertz CT molecular complexity index is 986. The third-order valence-electron chi connectivity index (χ3n) is 4.38. The maximum Gasteiger partial charge on any atom is 0.266 e. The van der Waals surface area contributed by atoms with Crippen LogP contribution in [0.2, 0.25) is 0 Å². The van der Waals surface area contributed by atoms with Crippen molar-refractivity contribution in [2.45, 2.75) is 13.8 Å². The lowest BCUT2D eigenvalue weighted by atomic mass is 10.2. The van der Waals surface area contributed by atoms with Gasteiger partial charge in [0.05, 0.1) is 11.5 Å². The number of thioether (sulfide) groups is 1. The molecule has 0 spiro atoms. The van der Waals surface area contributed by atoms with Gasteiger partial charge in [0.15, 0.2) is 11.5 Å². The molecule has 0 saturated carbocycles. The predicted molar refractivity (Wildman–Crippen MR) is 130 cm³/mol. The van der Waals surface area contributed by atoms with Crippen LogP contribution < -0.4 is 14.2 Å². The van der Waals surface area contributed by atoms with Gasteiger partial charge < -0.3 is 14.2 Å². The molecule has 0 N–H and O–H groups in total. The van der Waals surface area contributed by atoms with Crippen molar-refractivity contribution in [1.82, 2.24) is 4.90 Å². The molecule has 0 atom stereocenters. The van der Waals surface area contributed by atoms with Crippen molar-refractivity contribution >= 4 is 40.3 Å². The van der Waals surface area contributed by atoms with E-state index in [2.05, 4.69) is 6.58 Å². The van der Waals surface area contributed by atoms with Gasteiger partial charge in [0.2, 0.25) is 0 Å².